The molecular formula is C15H27N3O3. The summed E-state index contributed by atoms with van der Waals surface area (Å²) in [5, 5.41) is 9.01. The van der Waals surface area contributed by atoms with Crippen LogP contribution in [0.25, 0.3) is 0 Å². The number of fused-ring (bicyclic) bond motifs is 1. The minimum absolute atomic E-state index is 0.106. The van der Waals surface area contributed by atoms with E-state index in [1.54, 1.807) is 0 Å². The Morgan fingerprint density at radius 2 is 2.00 bits per heavy atom. The van der Waals surface area contributed by atoms with Crippen LogP contribution in [-0.2, 0) is 4.79 Å². The van der Waals surface area contributed by atoms with Crippen molar-refractivity contribution in [2.75, 3.05) is 26.2 Å². The SMILES string of the molecule is CC(C)N(CC(=O)O)C(=O)N1CC2CCCCN2CC1C. The summed E-state index contributed by atoms with van der Waals surface area (Å²) in [7, 11) is 0. The topological polar surface area (TPSA) is 64.1 Å². The predicted octanol–water partition coefficient (Wildman–Crippen LogP) is 1.46. The molecule has 0 aromatic heterocycles. The van der Waals surface area contributed by atoms with E-state index in [1.165, 1.54) is 17.7 Å². The smallest absolute Gasteiger partial charge is 0.323 e. The van der Waals surface area contributed by atoms with Crippen molar-refractivity contribution in [2.24, 2.45) is 0 Å². The highest BCUT2D eigenvalue weighted by molar-refractivity contribution is 5.80. The van der Waals surface area contributed by atoms with Crippen LogP contribution in [0.5, 0.6) is 0 Å². The first-order valence-electron chi connectivity index (χ1n) is 7.93. The second-order valence-electron chi connectivity index (χ2n) is 6.54. The summed E-state index contributed by atoms with van der Waals surface area (Å²) in [5.41, 5.74) is 0. The van der Waals surface area contributed by atoms with Gasteiger partial charge in [0.15, 0.2) is 0 Å². The Balaban J connectivity index is 2.07. The molecule has 0 radical (unpaired) electrons. The van der Waals surface area contributed by atoms with Crippen LogP contribution in [0.2, 0.25) is 0 Å². The molecule has 2 fully saturated rings. The highest BCUT2D eigenvalue weighted by Crippen LogP contribution is 2.25. The van der Waals surface area contributed by atoms with Crippen LogP contribution in [-0.4, -0.2) is 76.1 Å². The molecule has 2 saturated heterocycles. The Morgan fingerprint density at radius 1 is 1.29 bits per heavy atom. The molecule has 2 heterocycles. The fourth-order valence-electron chi connectivity index (χ4n) is 3.40. The molecule has 0 aliphatic carbocycles. The molecule has 2 aliphatic heterocycles. The number of hydrogen-bond acceptors (Lipinski definition) is 3. The van der Waals surface area contributed by atoms with Gasteiger partial charge in [-0.05, 0) is 40.2 Å². The van der Waals surface area contributed by atoms with Gasteiger partial charge in [-0.2, -0.15) is 0 Å². The zero-order valence-corrected chi connectivity index (χ0v) is 13.3. The van der Waals surface area contributed by atoms with E-state index in [1.807, 2.05) is 18.7 Å². The number of piperidine rings is 1. The van der Waals surface area contributed by atoms with Gasteiger partial charge in [0.2, 0.25) is 0 Å². The van der Waals surface area contributed by atoms with Gasteiger partial charge < -0.3 is 14.9 Å². The minimum atomic E-state index is -0.957. The largest absolute Gasteiger partial charge is 0.480 e. The molecule has 0 bridgehead atoms. The molecule has 21 heavy (non-hydrogen) atoms. The summed E-state index contributed by atoms with van der Waals surface area (Å²) >= 11 is 0. The molecule has 0 aromatic rings. The zero-order chi connectivity index (χ0) is 15.6. The molecule has 0 aromatic carbocycles. The molecule has 2 unspecified atom stereocenters. The van der Waals surface area contributed by atoms with Crippen molar-refractivity contribution < 1.29 is 14.7 Å². The van der Waals surface area contributed by atoms with Crippen LogP contribution in [0, 0.1) is 0 Å². The van der Waals surface area contributed by atoms with Crippen LogP contribution in [0.3, 0.4) is 0 Å². The first-order valence-corrected chi connectivity index (χ1v) is 7.93. The summed E-state index contributed by atoms with van der Waals surface area (Å²) in [4.78, 5) is 29.5. The van der Waals surface area contributed by atoms with Gasteiger partial charge in [0.1, 0.15) is 6.54 Å². The fraction of sp³-hybridized carbons (Fsp3) is 0.867. The third-order valence-electron chi connectivity index (χ3n) is 4.61. The van der Waals surface area contributed by atoms with Crippen LogP contribution < -0.4 is 0 Å². The third kappa shape index (κ3) is 3.67. The van der Waals surface area contributed by atoms with Crippen molar-refractivity contribution in [3.63, 3.8) is 0 Å². The van der Waals surface area contributed by atoms with E-state index in [0.717, 1.165) is 26.1 Å². The van der Waals surface area contributed by atoms with Gasteiger partial charge in [0, 0.05) is 31.2 Å². The van der Waals surface area contributed by atoms with E-state index in [9.17, 15) is 9.59 Å². The normalized spacial score (nSPS) is 26.6. The molecule has 6 nitrogen and oxygen atoms in total. The van der Waals surface area contributed by atoms with Gasteiger partial charge in [-0.3, -0.25) is 9.69 Å². The average molecular weight is 297 g/mol. The minimum Gasteiger partial charge on any atom is -0.480 e. The maximum atomic E-state index is 12.7. The Kier molecular flexibility index (Phi) is 5.08. The van der Waals surface area contributed by atoms with Gasteiger partial charge in [-0.1, -0.05) is 6.42 Å². The van der Waals surface area contributed by atoms with E-state index in [0.29, 0.717) is 6.04 Å². The molecule has 2 aliphatic rings. The van der Waals surface area contributed by atoms with Crippen molar-refractivity contribution >= 4 is 12.0 Å². The number of aliphatic carboxylic acids is 1. The van der Waals surface area contributed by atoms with Crippen molar-refractivity contribution in [3.8, 4) is 0 Å². The van der Waals surface area contributed by atoms with Gasteiger partial charge in [-0.15, -0.1) is 0 Å². The standard InChI is InChI=1S/C15H27N3O3/c1-11(2)17(10-14(19)20)15(21)18-9-13-6-4-5-7-16(13)8-12(18)3/h11-13H,4-10H2,1-3H3,(H,19,20). The number of carboxylic acid groups (broad SMARTS) is 1. The van der Waals surface area contributed by atoms with Gasteiger partial charge in [0.25, 0.3) is 0 Å². The van der Waals surface area contributed by atoms with Gasteiger partial charge in [0.05, 0.1) is 0 Å². The number of carbonyl (C=O) groups is 2. The van der Waals surface area contributed by atoms with Crippen molar-refractivity contribution in [3.05, 3.63) is 0 Å². The molecular weight excluding hydrogens is 270 g/mol. The predicted molar refractivity (Wildman–Crippen MR) is 80.3 cm³/mol. The number of rotatable bonds is 3. The van der Waals surface area contributed by atoms with E-state index < -0.39 is 5.97 Å². The number of carbonyl (C=O) groups excluding carboxylic acids is 1. The fourth-order valence-corrected chi connectivity index (χ4v) is 3.40. The van der Waals surface area contributed by atoms with Crippen molar-refractivity contribution in [1.29, 1.82) is 0 Å². The zero-order valence-electron chi connectivity index (χ0n) is 13.3. The number of piperazine rings is 1. The number of nitrogens with zero attached hydrogens (tertiary/aromatic N) is 3. The Bertz CT molecular complexity index is 400. The van der Waals surface area contributed by atoms with Crippen LogP contribution in [0.4, 0.5) is 4.79 Å². The first-order chi connectivity index (χ1) is 9.90. The molecule has 6 heteroatoms. The van der Waals surface area contributed by atoms with Gasteiger partial charge >= 0.3 is 12.0 Å². The molecule has 0 saturated carbocycles. The van der Waals surface area contributed by atoms with Crippen LogP contribution in [0.15, 0.2) is 0 Å². The first kappa shape index (κ1) is 16.1. The average Bonchev–Trinajstić information content (AvgIpc) is 2.42. The Morgan fingerprint density at radius 3 is 2.62 bits per heavy atom. The highest BCUT2D eigenvalue weighted by Gasteiger charge is 2.37. The van der Waals surface area contributed by atoms with Gasteiger partial charge in [-0.25, -0.2) is 4.79 Å². The second kappa shape index (κ2) is 6.64. The maximum absolute atomic E-state index is 12.7. The van der Waals surface area contributed by atoms with E-state index in [-0.39, 0.29) is 24.7 Å². The summed E-state index contributed by atoms with van der Waals surface area (Å²) in [6.07, 6.45) is 3.60. The lowest BCUT2D eigenvalue weighted by molar-refractivity contribution is -0.138. The number of amides is 2. The van der Waals surface area contributed by atoms with Crippen molar-refractivity contribution in [1.82, 2.24) is 14.7 Å². The molecule has 1 N–H and O–H groups in total. The lowest BCUT2D eigenvalue weighted by Crippen LogP contribution is -2.63. The molecule has 0 spiro atoms. The van der Waals surface area contributed by atoms with E-state index in [2.05, 4.69) is 11.8 Å². The number of urea groups is 1. The summed E-state index contributed by atoms with van der Waals surface area (Å²) in [6, 6.07) is 0.343. The number of carboxylic acids is 1. The van der Waals surface area contributed by atoms with Crippen LogP contribution >= 0.6 is 0 Å². The van der Waals surface area contributed by atoms with E-state index >= 15 is 0 Å². The number of hydrogen-bond donors (Lipinski definition) is 1. The second-order valence-corrected chi connectivity index (χ2v) is 6.54. The summed E-state index contributed by atoms with van der Waals surface area (Å²) < 4.78 is 0. The molecule has 2 amide bonds. The lowest BCUT2D eigenvalue weighted by Gasteiger charge is -2.48. The monoisotopic (exact) mass is 297 g/mol. The van der Waals surface area contributed by atoms with Crippen molar-refractivity contribution in [2.45, 2.75) is 58.2 Å². The molecule has 120 valence electrons. The van der Waals surface area contributed by atoms with Crippen LogP contribution in [0.1, 0.15) is 40.0 Å². The highest BCUT2D eigenvalue weighted by atomic mass is 16.4. The maximum Gasteiger partial charge on any atom is 0.323 e. The third-order valence-corrected chi connectivity index (χ3v) is 4.61. The Hall–Kier alpha value is -1.30. The molecule has 2 rings (SSSR count). The lowest BCUT2D eigenvalue weighted by atomic mass is 9.97. The summed E-state index contributed by atoms with van der Waals surface area (Å²) in [5.74, 6) is -0.957. The quantitative estimate of drug-likeness (QED) is 0.856. The van der Waals surface area contributed by atoms with E-state index in [4.69, 9.17) is 5.11 Å². The summed E-state index contributed by atoms with van der Waals surface area (Å²) in [6.45, 7) is 8.30. The Labute approximate surface area is 126 Å². The molecule has 2 atom stereocenters.